The number of nitrogens with zero attached hydrogens (tertiary/aromatic N) is 1. The molecule has 0 aromatic carbocycles. The Bertz CT molecular complexity index is 628. The molecule has 3 saturated heterocycles. The fourth-order valence-electron chi connectivity index (χ4n) is 3.28. The highest BCUT2D eigenvalue weighted by Crippen LogP contribution is 2.44. The molecule has 108 valence electrons. The molecule has 9 heteroatoms. The average Bonchev–Trinajstić information content (AvgIpc) is 2.74. The summed E-state index contributed by atoms with van der Waals surface area (Å²) in [5.41, 5.74) is -0.539. The van der Waals surface area contributed by atoms with Gasteiger partial charge in [0.2, 0.25) is 0 Å². The minimum absolute atomic E-state index is 0.0300. The molecule has 0 aromatic rings. The molecular formula is C10H15NO4S4. The smallest absolute Gasteiger partial charge is 0.153 e. The maximum atomic E-state index is 11.7. The molecule has 5 nitrogen and oxygen atoms in total. The van der Waals surface area contributed by atoms with Crippen molar-refractivity contribution in [2.24, 2.45) is 0 Å². The van der Waals surface area contributed by atoms with Crippen molar-refractivity contribution >= 4 is 48.0 Å². The van der Waals surface area contributed by atoms with Crippen molar-refractivity contribution < 1.29 is 16.8 Å². The van der Waals surface area contributed by atoms with Gasteiger partial charge >= 0.3 is 0 Å². The van der Waals surface area contributed by atoms with Gasteiger partial charge in [-0.15, -0.1) is 0 Å². The Hall–Kier alpha value is 0.140. The summed E-state index contributed by atoms with van der Waals surface area (Å²) in [6.45, 7) is 1.89. The highest BCUT2D eigenvalue weighted by atomic mass is 32.2. The van der Waals surface area contributed by atoms with E-state index in [1.165, 1.54) is 11.8 Å². The van der Waals surface area contributed by atoms with Crippen LogP contribution in [0.15, 0.2) is 0 Å². The Balaban J connectivity index is 1.95. The van der Waals surface area contributed by atoms with Crippen LogP contribution in [0.3, 0.4) is 0 Å². The van der Waals surface area contributed by atoms with Gasteiger partial charge in [-0.05, 0) is 13.3 Å². The molecule has 3 aliphatic heterocycles. The van der Waals surface area contributed by atoms with Crippen molar-refractivity contribution in [1.82, 2.24) is 4.90 Å². The summed E-state index contributed by atoms with van der Waals surface area (Å²) in [5.74, 6) is 0.490. The normalized spacial score (nSPS) is 43.6. The van der Waals surface area contributed by atoms with Crippen LogP contribution >= 0.6 is 24.0 Å². The zero-order valence-electron chi connectivity index (χ0n) is 10.4. The Morgan fingerprint density at radius 2 is 1.95 bits per heavy atom. The predicted molar refractivity (Wildman–Crippen MR) is 79.9 cm³/mol. The minimum atomic E-state index is -3.03. The van der Waals surface area contributed by atoms with Crippen molar-refractivity contribution in [3.05, 3.63) is 0 Å². The second kappa shape index (κ2) is 4.08. The Morgan fingerprint density at radius 1 is 1.26 bits per heavy atom. The van der Waals surface area contributed by atoms with Gasteiger partial charge in [0.25, 0.3) is 0 Å². The van der Waals surface area contributed by atoms with Gasteiger partial charge < -0.3 is 4.90 Å². The van der Waals surface area contributed by atoms with Crippen molar-refractivity contribution in [3.8, 4) is 0 Å². The van der Waals surface area contributed by atoms with E-state index in [0.29, 0.717) is 10.7 Å². The number of thiocarbonyl (C=S) groups is 1. The highest BCUT2D eigenvalue weighted by molar-refractivity contribution is 8.24. The number of fused-ring (bicyclic) bond motifs is 1. The van der Waals surface area contributed by atoms with E-state index in [2.05, 4.69) is 0 Å². The third kappa shape index (κ3) is 2.32. The lowest BCUT2D eigenvalue weighted by Crippen LogP contribution is -2.53. The summed E-state index contributed by atoms with van der Waals surface area (Å²) in [7, 11) is -6.05. The standard InChI is InChI=1S/C10H15NO4S4/c1-10(2-3-18(12,13)6-10)11-7-4-19(14,15)5-8(7)17-9(11)16/h7-8H,2-6H2,1H3. The van der Waals surface area contributed by atoms with Gasteiger partial charge in [-0.2, -0.15) is 0 Å². The second-order valence-electron chi connectivity index (χ2n) is 5.78. The monoisotopic (exact) mass is 341 g/mol. The van der Waals surface area contributed by atoms with Gasteiger partial charge in [-0.1, -0.05) is 24.0 Å². The van der Waals surface area contributed by atoms with Crippen LogP contribution < -0.4 is 0 Å². The third-order valence-corrected chi connectivity index (χ3v) is 9.60. The molecule has 3 rings (SSSR count). The highest BCUT2D eigenvalue weighted by Gasteiger charge is 2.55. The molecule has 3 heterocycles. The number of rotatable bonds is 1. The van der Waals surface area contributed by atoms with Crippen LogP contribution in [0, 0.1) is 0 Å². The maximum Gasteiger partial charge on any atom is 0.153 e. The quantitative estimate of drug-likeness (QED) is 0.625. The van der Waals surface area contributed by atoms with Crippen molar-refractivity contribution in [3.63, 3.8) is 0 Å². The van der Waals surface area contributed by atoms with Gasteiger partial charge in [0.05, 0.1) is 34.6 Å². The Labute approximate surface area is 122 Å². The van der Waals surface area contributed by atoms with Crippen LogP contribution in [0.4, 0.5) is 0 Å². The summed E-state index contributed by atoms with van der Waals surface area (Å²) < 4.78 is 47.6. The fraction of sp³-hybridized carbons (Fsp3) is 0.900. The molecule has 19 heavy (non-hydrogen) atoms. The topological polar surface area (TPSA) is 71.5 Å². The van der Waals surface area contributed by atoms with Crippen LogP contribution in [-0.4, -0.2) is 65.9 Å². The molecule has 3 unspecified atom stereocenters. The molecule has 3 fully saturated rings. The van der Waals surface area contributed by atoms with Crippen LogP contribution in [0.1, 0.15) is 13.3 Å². The molecule has 0 bridgehead atoms. The second-order valence-corrected chi connectivity index (χ2v) is 12.0. The number of thioether (sulfide) groups is 1. The molecule has 0 saturated carbocycles. The first-order valence-electron chi connectivity index (χ1n) is 6.03. The van der Waals surface area contributed by atoms with E-state index in [9.17, 15) is 16.8 Å². The molecule has 3 aliphatic rings. The lowest BCUT2D eigenvalue weighted by Gasteiger charge is -2.39. The lowest BCUT2D eigenvalue weighted by molar-refractivity contribution is 0.192. The van der Waals surface area contributed by atoms with E-state index in [-0.39, 0.29) is 34.3 Å². The first-order chi connectivity index (χ1) is 8.62. The van der Waals surface area contributed by atoms with Gasteiger partial charge in [0.15, 0.2) is 19.7 Å². The van der Waals surface area contributed by atoms with Gasteiger partial charge in [0, 0.05) is 5.25 Å². The van der Waals surface area contributed by atoms with E-state index >= 15 is 0 Å². The summed E-state index contributed by atoms with van der Waals surface area (Å²) in [4.78, 5) is 1.91. The molecule has 0 N–H and O–H groups in total. The average molecular weight is 342 g/mol. The predicted octanol–water partition coefficient (Wildman–Crippen LogP) is 0.0629. The summed E-state index contributed by atoms with van der Waals surface area (Å²) in [6.07, 6.45) is 0.527. The number of hydrogen-bond acceptors (Lipinski definition) is 6. The zero-order chi connectivity index (χ0) is 14.1. The summed E-state index contributed by atoms with van der Waals surface area (Å²) >= 11 is 6.77. The minimum Gasteiger partial charge on any atom is -0.346 e. The zero-order valence-corrected chi connectivity index (χ0v) is 13.7. The van der Waals surface area contributed by atoms with E-state index in [1.807, 2.05) is 11.8 Å². The Morgan fingerprint density at radius 3 is 2.53 bits per heavy atom. The third-order valence-electron chi connectivity index (χ3n) is 4.12. The fourth-order valence-corrected chi connectivity index (χ4v) is 10.0. The first kappa shape index (κ1) is 14.1. The van der Waals surface area contributed by atoms with Crippen LogP contribution in [0.2, 0.25) is 0 Å². The van der Waals surface area contributed by atoms with Crippen LogP contribution in [0.25, 0.3) is 0 Å². The Kier molecular flexibility index (Phi) is 3.03. The van der Waals surface area contributed by atoms with Crippen LogP contribution in [-0.2, 0) is 19.7 Å². The van der Waals surface area contributed by atoms with Crippen molar-refractivity contribution in [2.45, 2.75) is 30.2 Å². The molecule has 0 radical (unpaired) electrons. The molecule has 0 amide bonds. The number of hydrogen-bond donors (Lipinski definition) is 0. The molecule has 3 atom stereocenters. The molecule has 0 spiro atoms. The lowest BCUT2D eigenvalue weighted by atomic mass is 9.97. The largest absolute Gasteiger partial charge is 0.346 e. The maximum absolute atomic E-state index is 11.7. The van der Waals surface area contributed by atoms with Gasteiger partial charge in [-0.25, -0.2) is 16.8 Å². The molecular weight excluding hydrogens is 326 g/mol. The summed E-state index contributed by atoms with van der Waals surface area (Å²) in [5, 5.41) is -0.0300. The van der Waals surface area contributed by atoms with E-state index in [4.69, 9.17) is 12.2 Å². The van der Waals surface area contributed by atoms with Crippen molar-refractivity contribution in [2.75, 3.05) is 23.0 Å². The van der Waals surface area contributed by atoms with Crippen LogP contribution in [0.5, 0.6) is 0 Å². The first-order valence-corrected chi connectivity index (χ1v) is 11.0. The van der Waals surface area contributed by atoms with Gasteiger partial charge in [-0.3, -0.25) is 0 Å². The summed E-state index contributed by atoms with van der Waals surface area (Å²) in [6, 6.07) is -0.152. The molecule has 0 aromatic heterocycles. The van der Waals surface area contributed by atoms with E-state index < -0.39 is 25.2 Å². The van der Waals surface area contributed by atoms with Gasteiger partial charge in [0.1, 0.15) is 4.32 Å². The van der Waals surface area contributed by atoms with E-state index in [1.54, 1.807) is 0 Å². The van der Waals surface area contributed by atoms with Crippen molar-refractivity contribution in [1.29, 1.82) is 0 Å². The molecule has 0 aliphatic carbocycles. The van der Waals surface area contributed by atoms with E-state index in [0.717, 1.165) is 0 Å². The SMILES string of the molecule is CC1(N2C(=S)SC3CS(=O)(=O)CC32)CCS(=O)(=O)C1. The number of sulfone groups is 2.